The van der Waals surface area contributed by atoms with Gasteiger partial charge in [-0.05, 0) is 19.1 Å². The molecule has 0 aliphatic carbocycles. The second-order valence-corrected chi connectivity index (χ2v) is 7.13. The number of benzene rings is 1. The molecule has 0 N–H and O–H groups in total. The molecule has 3 heterocycles. The van der Waals surface area contributed by atoms with E-state index in [2.05, 4.69) is 4.98 Å². The highest BCUT2D eigenvalue weighted by Crippen LogP contribution is 2.31. The van der Waals surface area contributed by atoms with E-state index in [1.165, 1.54) is 26.7 Å². The Morgan fingerprint density at radius 1 is 1.32 bits per heavy atom. The molecule has 1 aliphatic rings. The predicted molar refractivity (Wildman–Crippen MR) is 103 cm³/mol. The van der Waals surface area contributed by atoms with Crippen LogP contribution < -0.4 is 15.2 Å². The number of esters is 1. The van der Waals surface area contributed by atoms with E-state index in [-0.39, 0.29) is 37.6 Å². The van der Waals surface area contributed by atoms with Crippen LogP contribution in [-0.2, 0) is 20.9 Å². The molecule has 0 saturated carbocycles. The minimum Gasteiger partial charge on any atom is -0.482 e. The third-order valence-electron chi connectivity index (χ3n) is 4.36. The number of hydrogen-bond donors (Lipinski definition) is 0. The Kier molecular flexibility index (Phi) is 4.82. The van der Waals surface area contributed by atoms with Gasteiger partial charge in [0.25, 0.3) is 11.5 Å². The van der Waals surface area contributed by atoms with Crippen LogP contribution >= 0.6 is 11.3 Å². The highest BCUT2D eigenvalue weighted by atomic mass is 32.1. The number of ether oxygens (including phenoxy) is 2. The van der Waals surface area contributed by atoms with Gasteiger partial charge in [-0.25, -0.2) is 4.98 Å². The number of aromatic nitrogens is 2. The first-order valence-corrected chi connectivity index (χ1v) is 9.55. The monoisotopic (exact) mass is 399 g/mol. The Hall–Kier alpha value is -3.20. The molecule has 3 aromatic rings. The second kappa shape index (κ2) is 7.43. The molecule has 0 bridgehead atoms. The van der Waals surface area contributed by atoms with Gasteiger partial charge in [-0.1, -0.05) is 12.1 Å². The van der Waals surface area contributed by atoms with Crippen LogP contribution in [0.4, 0.5) is 5.69 Å². The van der Waals surface area contributed by atoms with E-state index in [4.69, 9.17) is 9.47 Å². The van der Waals surface area contributed by atoms with Crippen molar-refractivity contribution in [3.05, 3.63) is 57.5 Å². The number of aryl methyl sites for hydroxylation is 1. The molecule has 0 atom stereocenters. The molecule has 0 radical (unpaired) electrons. The van der Waals surface area contributed by atoms with E-state index in [1.807, 2.05) is 18.4 Å². The molecule has 0 saturated heterocycles. The van der Waals surface area contributed by atoms with E-state index in [9.17, 15) is 14.4 Å². The first-order valence-electron chi connectivity index (χ1n) is 8.67. The SMILES string of the molecule is Cc1csc2nc(COC(=O)CCN3C(=O)COc4ccccc43)cc(=O)n12. The summed E-state index contributed by atoms with van der Waals surface area (Å²) < 4.78 is 12.1. The number of carbonyl (C=O) groups is 2. The number of anilines is 1. The van der Waals surface area contributed by atoms with Crippen LogP contribution in [0.25, 0.3) is 4.96 Å². The first-order chi connectivity index (χ1) is 13.5. The summed E-state index contributed by atoms with van der Waals surface area (Å²) in [5.74, 6) is -0.0690. The molecular formula is C19H17N3O5S. The van der Waals surface area contributed by atoms with Crippen LogP contribution in [0.3, 0.4) is 0 Å². The summed E-state index contributed by atoms with van der Waals surface area (Å²) in [6, 6.07) is 8.54. The summed E-state index contributed by atoms with van der Waals surface area (Å²) in [6.07, 6.45) is 0.0272. The van der Waals surface area contributed by atoms with Crippen LogP contribution in [0.1, 0.15) is 17.8 Å². The molecule has 8 nitrogen and oxygen atoms in total. The Labute approximate surface area is 163 Å². The fourth-order valence-corrected chi connectivity index (χ4v) is 3.89. The summed E-state index contributed by atoms with van der Waals surface area (Å²) >= 11 is 1.35. The lowest BCUT2D eigenvalue weighted by Crippen LogP contribution is -2.40. The summed E-state index contributed by atoms with van der Waals surface area (Å²) in [5.41, 5.74) is 1.65. The normalized spacial score (nSPS) is 13.3. The predicted octanol–water partition coefficient (Wildman–Crippen LogP) is 1.92. The summed E-state index contributed by atoms with van der Waals surface area (Å²) in [5, 5.41) is 1.84. The number of fused-ring (bicyclic) bond motifs is 2. The van der Waals surface area contributed by atoms with Crippen molar-refractivity contribution in [3.8, 4) is 5.75 Å². The van der Waals surface area contributed by atoms with Crippen molar-refractivity contribution >= 4 is 33.9 Å². The number of amides is 1. The average molecular weight is 399 g/mol. The van der Waals surface area contributed by atoms with Crippen LogP contribution in [0.2, 0.25) is 0 Å². The largest absolute Gasteiger partial charge is 0.482 e. The maximum Gasteiger partial charge on any atom is 0.307 e. The molecule has 144 valence electrons. The minimum atomic E-state index is -0.471. The van der Waals surface area contributed by atoms with Gasteiger partial charge < -0.3 is 14.4 Å². The van der Waals surface area contributed by atoms with Gasteiger partial charge in [0, 0.05) is 23.7 Å². The zero-order valence-corrected chi connectivity index (χ0v) is 15.9. The maximum atomic E-state index is 12.1. The lowest BCUT2D eigenvalue weighted by atomic mass is 10.2. The number of carbonyl (C=O) groups excluding carboxylic acids is 2. The molecule has 1 aliphatic heterocycles. The quantitative estimate of drug-likeness (QED) is 0.609. The van der Waals surface area contributed by atoms with Crippen molar-refractivity contribution in [1.82, 2.24) is 9.38 Å². The van der Waals surface area contributed by atoms with Crippen LogP contribution in [0, 0.1) is 6.92 Å². The fourth-order valence-electron chi connectivity index (χ4n) is 3.00. The lowest BCUT2D eigenvalue weighted by Gasteiger charge is -2.28. The number of nitrogens with zero attached hydrogens (tertiary/aromatic N) is 3. The zero-order valence-electron chi connectivity index (χ0n) is 15.1. The van der Waals surface area contributed by atoms with Gasteiger partial charge in [-0.3, -0.25) is 18.8 Å². The highest BCUT2D eigenvalue weighted by molar-refractivity contribution is 7.15. The third kappa shape index (κ3) is 3.48. The van der Waals surface area contributed by atoms with E-state index in [0.717, 1.165) is 5.69 Å². The molecule has 0 unspecified atom stereocenters. The molecule has 0 spiro atoms. The van der Waals surface area contributed by atoms with Crippen molar-refractivity contribution in [2.45, 2.75) is 20.0 Å². The van der Waals surface area contributed by atoms with E-state index in [0.29, 0.717) is 22.1 Å². The van der Waals surface area contributed by atoms with Crippen molar-refractivity contribution in [2.24, 2.45) is 0 Å². The van der Waals surface area contributed by atoms with E-state index in [1.54, 1.807) is 18.2 Å². The van der Waals surface area contributed by atoms with Gasteiger partial charge in [0.2, 0.25) is 0 Å². The molecule has 0 fully saturated rings. The van der Waals surface area contributed by atoms with Crippen molar-refractivity contribution in [3.63, 3.8) is 0 Å². The Morgan fingerprint density at radius 3 is 3.00 bits per heavy atom. The molecule has 4 rings (SSSR count). The lowest BCUT2D eigenvalue weighted by molar-refractivity contribution is -0.144. The van der Waals surface area contributed by atoms with Gasteiger partial charge in [0.15, 0.2) is 11.6 Å². The van der Waals surface area contributed by atoms with E-state index >= 15 is 0 Å². The summed E-state index contributed by atoms with van der Waals surface area (Å²) in [4.78, 5) is 42.8. The van der Waals surface area contributed by atoms with E-state index < -0.39 is 5.97 Å². The fraction of sp³-hybridized carbons (Fsp3) is 0.263. The molecule has 2 aromatic heterocycles. The van der Waals surface area contributed by atoms with Crippen LogP contribution in [0.15, 0.2) is 40.5 Å². The molecule has 28 heavy (non-hydrogen) atoms. The maximum absolute atomic E-state index is 12.1. The van der Waals surface area contributed by atoms with Gasteiger partial charge in [-0.2, -0.15) is 0 Å². The number of thiazole rings is 1. The smallest absolute Gasteiger partial charge is 0.307 e. The minimum absolute atomic E-state index is 0.0272. The number of hydrogen-bond acceptors (Lipinski definition) is 7. The highest BCUT2D eigenvalue weighted by Gasteiger charge is 2.25. The Balaban J connectivity index is 1.38. The summed E-state index contributed by atoms with van der Waals surface area (Å²) in [6.45, 7) is 1.88. The van der Waals surface area contributed by atoms with Gasteiger partial charge in [-0.15, -0.1) is 11.3 Å². The van der Waals surface area contributed by atoms with Crippen LogP contribution in [0.5, 0.6) is 5.75 Å². The van der Waals surface area contributed by atoms with Crippen molar-refractivity contribution in [1.29, 1.82) is 0 Å². The van der Waals surface area contributed by atoms with Gasteiger partial charge in [0.1, 0.15) is 12.4 Å². The average Bonchev–Trinajstić information content (AvgIpc) is 3.07. The number of para-hydroxylation sites is 2. The molecule has 1 amide bonds. The molecule has 9 heteroatoms. The van der Waals surface area contributed by atoms with Gasteiger partial charge >= 0.3 is 5.97 Å². The van der Waals surface area contributed by atoms with Crippen molar-refractivity contribution in [2.75, 3.05) is 18.1 Å². The van der Waals surface area contributed by atoms with Gasteiger partial charge in [0.05, 0.1) is 17.8 Å². The topological polar surface area (TPSA) is 90.2 Å². The van der Waals surface area contributed by atoms with Crippen LogP contribution in [-0.4, -0.2) is 34.4 Å². The number of rotatable bonds is 5. The first kappa shape index (κ1) is 18.2. The molecule has 1 aromatic carbocycles. The Bertz CT molecular complexity index is 1120. The molecular weight excluding hydrogens is 382 g/mol. The summed E-state index contributed by atoms with van der Waals surface area (Å²) in [7, 11) is 0. The third-order valence-corrected chi connectivity index (χ3v) is 5.30. The second-order valence-electron chi connectivity index (χ2n) is 6.29. The van der Waals surface area contributed by atoms with Crippen molar-refractivity contribution < 1.29 is 19.1 Å². The zero-order chi connectivity index (χ0) is 19.7. The Morgan fingerprint density at radius 2 is 2.14 bits per heavy atom. The standard InChI is InChI=1S/C19H17N3O5S/c1-12-11-28-19-20-13(8-16(23)22(12)19)9-27-18(25)6-7-21-14-4-2-3-5-15(14)26-10-17(21)24/h2-5,8,11H,6-7,9-10H2,1H3.